The van der Waals surface area contributed by atoms with E-state index in [1.54, 1.807) is 23.5 Å². The molecule has 2 heterocycles. The Balaban J connectivity index is 1.37. The average Bonchev–Trinajstić information content (AvgIpc) is 3.50. The molecule has 1 aliphatic carbocycles. The Kier molecular flexibility index (Phi) is 7.58. The minimum absolute atomic E-state index is 0.113. The molecule has 0 fully saturated rings. The van der Waals surface area contributed by atoms with Crippen LogP contribution in [0, 0.1) is 11.3 Å². The monoisotopic (exact) mass is 579 g/mol. The average molecular weight is 580 g/mol. The molecule has 41 heavy (non-hydrogen) atoms. The van der Waals surface area contributed by atoms with Gasteiger partial charge in [-0.25, -0.2) is 4.99 Å². The van der Waals surface area contributed by atoms with Crippen LogP contribution in [-0.4, -0.2) is 16.7 Å². The van der Waals surface area contributed by atoms with E-state index < -0.39 is 0 Å². The third-order valence-corrected chi connectivity index (χ3v) is 9.55. The highest BCUT2D eigenvalue weighted by molar-refractivity contribution is 7.16. The van der Waals surface area contributed by atoms with E-state index >= 15 is 0 Å². The first kappa shape index (κ1) is 27.5. The Hall–Kier alpha value is -3.67. The van der Waals surface area contributed by atoms with Crippen molar-refractivity contribution in [3.8, 4) is 0 Å². The van der Waals surface area contributed by atoms with E-state index in [0.717, 1.165) is 58.5 Å². The highest BCUT2D eigenvalue weighted by Crippen LogP contribution is 2.45. The molecule has 208 valence electrons. The molecule has 1 atom stereocenters. The maximum absolute atomic E-state index is 13.7. The fraction of sp³-hybridized carbons (Fsp3) is 0.257. The van der Waals surface area contributed by atoms with Crippen molar-refractivity contribution in [3.63, 3.8) is 0 Å². The summed E-state index contributed by atoms with van der Waals surface area (Å²) in [6, 6.07) is 26.2. The summed E-state index contributed by atoms with van der Waals surface area (Å²) in [6.45, 7) is 7.73. The van der Waals surface area contributed by atoms with Crippen LogP contribution in [0.4, 0.5) is 10.7 Å². The van der Waals surface area contributed by atoms with Gasteiger partial charge in [-0.1, -0.05) is 80.9 Å². The van der Waals surface area contributed by atoms with Crippen LogP contribution in [0.1, 0.15) is 59.1 Å². The second kappa shape index (κ2) is 11.3. The lowest BCUT2D eigenvalue weighted by Gasteiger charge is -2.33. The summed E-state index contributed by atoms with van der Waals surface area (Å²) in [5.41, 5.74) is 6.25. The summed E-state index contributed by atoms with van der Waals surface area (Å²) in [7, 11) is 0. The molecule has 0 saturated heterocycles. The van der Waals surface area contributed by atoms with Crippen LogP contribution in [0.5, 0.6) is 0 Å². The lowest BCUT2D eigenvalue weighted by atomic mass is 9.72. The topological polar surface area (TPSA) is 46.4 Å². The second-order valence-electron chi connectivity index (χ2n) is 11.9. The highest BCUT2D eigenvalue weighted by atomic mass is 35.5. The maximum atomic E-state index is 13.7. The van der Waals surface area contributed by atoms with Crippen molar-refractivity contribution in [1.29, 1.82) is 0 Å². The number of para-hydroxylation sites is 1. The SMILES string of the molecule is CC(C)(C)[C@@H]1CCc2c(sc(N=Cc3cn(Cc4ccccc4)c4ccccc34)c2C(=O)Nc2ccc(Cl)cc2)C1. The zero-order chi connectivity index (χ0) is 28.6. The number of anilines is 1. The van der Waals surface area contributed by atoms with Crippen molar-refractivity contribution >= 4 is 56.7 Å². The molecule has 0 unspecified atom stereocenters. The van der Waals surface area contributed by atoms with E-state index in [-0.39, 0.29) is 11.3 Å². The summed E-state index contributed by atoms with van der Waals surface area (Å²) in [6.07, 6.45) is 7.05. The lowest BCUT2D eigenvalue weighted by molar-refractivity contribution is 0.102. The van der Waals surface area contributed by atoms with Crippen molar-refractivity contribution in [2.75, 3.05) is 5.32 Å². The van der Waals surface area contributed by atoms with Gasteiger partial charge in [0.2, 0.25) is 0 Å². The van der Waals surface area contributed by atoms with Gasteiger partial charge in [0.15, 0.2) is 0 Å². The summed E-state index contributed by atoms with van der Waals surface area (Å²) >= 11 is 7.74. The van der Waals surface area contributed by atoms with Gasteiger partial charge >= 0.3 is 0 Å². The highest BCUT2D eigenvalue weighted by Gasteiger charge is 2.33. The van der Waals surface area contributed by atoms with Crippen molar-refractivity contribution in [2.24, 2.45) is 16.3 Å². The Morgan fingerprint density at radius 1 is 1.05 bits per heavy atom. The molecule has 0 aliphatic heterocycles. The number of aliphatic imine (C=N–C) groups is 1. The zero-order valence-electron chi connectivity index (χ0n) is 23.7. The Labute approximate surface area is 250 Å². The molecular formula is C35H34ClN3OS. The summed E-state index contributed by atoms with van der Waals surface area (Å²) in [4.78, 5) is 20.0. The van der Waals surface area contributed by atoms with Crippen molar-refractivity contribution < 1.29 is 4.79 Å². The molecule has 2 aromatic heterocycles. The fourth-order valence-corrected chi connectivity index (χ4v) is 7.17. The molecule has 0 radical (unpaired) electrons. The molecule has 3 aromatic carbocycles. The molecule has 4 nitrogen and oxygen atoms in total. The van der Waals surface area contributed by atoms with Crippen LogP contribution in [0.2, 0.25) is 5.02 Å². The molecule has 1 aliphatic rings. The minimum atomic E-state index is -0.113. The number of hydrogen-bond donors (Lipinski definition) is 1. The smallest absolute Gasteiger partial charge is 0.259 e. The molecule has 5 aromatic rings. The van der Waals surface area contributed by atoms with Gasteiger partial charge in [-0.2, -0.15) is 0 Å². The van der Waals surface area contributed by atoms with Gasteiger partial charge in [0.1, 0.15) is 5.00 Å². The molecule has 0 spiro atoms. The number of nitrogens with one attached hydrogen (secondary N) is 1. The Morgan fingerprint density at radius 3 is 2.54 bits per heavy atom. The predicted octanol–water partition coefficient (Wildman–Crippen LogP) is 9.56. The second-order valence-corrected chi connectivity index (χ2v) is 13.4. The molecule has 1 amide bonds. The number of halogens is 1. The number of amides is 1. The van der Waals surface area contributed by atoms with Gasteiger partial charge in [-0.05, 0) is 72.1 Å². The minimum Gasteiger partial charge on any atom is -0.342 e. The maximum Gasteiger partial charge on any atom is 0.259 e. The number of aromatic nitrogens is 1. The molecular weight excluding hydrogens is 546 g/mol. The molecule has 6 rings (SSSR count). The first-order chi connectivity index (χ1) is 19.8. The third kappa shape index (κ3) is 5.88. The number of carbonyl (C=O) groups is 1. The predicted molar refractivity (Wildman–Crippen MR) is 173 cm³/mol. The molecule has 0 saturated carbocycles. The Bertz CT molecular complexity index is 1730. The number of carbonyl (C=O) groups excluding carboxylic acids is 1. The standard InChI is InChI=1S/C35H34ClN3OS/c1-35(2,3)25-13-18-29-31(19-25)41-34(32(29)33(40)38-27-16-14-26(36)15-17-27)37-20-24-22-39(21-23-9-5-4-6-10-23)30-12-8-7-11-28(24)30/h4-12,14-17,20,22,25H,13,18-19,21H2,1-3H3,(H,38,40)/t25-/m1/s1. The van der Waals surface area contributed by atoms with E-state index in [2.05, 4.69) is 85.4 Å². The molecule has 6 heteroatoms. The van der Waals surface area contributed by atoms with E-state index in [4.69, 9.17) is 16.6 Å². The lowest BCUT2D eigenvalue weighted by Crippen LogP contribution is -2.27. The van der Waals surface area contributed by atoms with Gasteiger partial charge in [0, 0.05) is 51.0 Å². The van der Waals surface area contributed by atoms with E-state index in [1.807, 2.05) is 24.4 Å². The third-order valence-electron chi connectivity index (χ3n) is 8.14. The van der Waals surface area contributed by atoms with Gasteiger partial charge in [0.05, 0.1) is 5.56 Å². The van der Waals surface area contributed by atoms with Gasteiger partial charge in [0.25, 0.3) is 5.91 Å². The number of hydrogen-bond acceptors (Lipinski definition) is 3. The summed E-state index contributed by atoms with van der Waals surface area (Å²) < 4.78 is 2.27. The van der Waals surface area contributed by atoms with Crippen LogP contribution in [0.25, 0.3) is 10.9 Å². The molecule has 1 N–H and O–H groups in total. The first-order valence-corrected chi connectivity index (χ1v) is 15.3. The van der Waals surface area contributed by atoms with Gasteiger partial charge in [-0.3, -0.25) is 4.79 Å². The quantitative estimate of drug-likeness (QED) is 0.200. The van der Waals surface area contributed by atoms with E-state index in [0.29, 0.717) is 16.5 Å². The number of benzene rings is 3. The summed E-state index contributed by atoms with van der Waals surface area (Å²) in [5.74, 6) is 0.464. The largest absolute Gasteiger partial charge is 0.342 e. The number of fused-ring (bicyclic) bond motifs is 2. The first-order valence-electron chi connectivity index (χ1n) is 14.1. The fourth-order valence-electron chi connectivity index (χ4n) is 5.78. The zero-order valence-corrected chi connectivity index (χ0v) is 25.2. The van der Waals surface area contributed by atoms with Crippen LogP contribution in [-0.2, 0) is 19.4 Å². The van der Waals surface area contributed by atoms with Gasteiger partial charge < -0.3 is 9.88 Å². The van der Waals surface area contributed by atoms with Crippen molar-refractivity contribution in [2.45, 2.75) is 46.6 Å². The number of rotatable bonds is 6. The van der Waals surface area contributed by atoms with Crippen molar-refractivity contribution in [3.05, 3.63) is 117 Å². The van der Waals surface area contributed by atoms with E-state index in [9.17, 15) is 4.79 Å². The normalized spacial score (nSPS) is 15.4. The number of nitrogens with zero attached hydrogens (tertiary/aromatic N) is 2. The van der Waals surface area contributed by atoms with Crippen LogP contribution in [0.15, 0.2) is 90.1 Å². The Morgan fingerprint density at radius 2 is 1.78 bits per heavy atom. The van der Waals surface area contributed by atoms with Crippen molar-refractivity contribution in [1.82, 2.24) is 4.57 Å². The van der Waals surface area contributed by atoms with Crippen LogP contribution >= 0.6 is 22.9 Å². The van der Waals surface area contributed by atoms with Crippen LogP contribution in [0.3, 0.4) is 0 Å². The summed E-state index contributed by atoms with van der Waals surface area (Å²) in [5, 5.41) is 5.65. The van der Waals surface area contributed by atoms with E-state index in [1.165, 1.54) is 10.4 Å². The molecule has 0 bridgehead atoms. The van der Waals surface area contributed by atoms with Gasteiger partial charge in [-0.15, -0.1) is 11.3 Å². The number of thiophene rings is 1. The van der Waals surface area contributed by atoms with Crippen LogP contribution < -0.4 is 5.32 Å².